The lowest BCUT2D eigenvalue weighted by atomic mass is 10.0. The van der Waals surface area contributed by atoms with Gasteiger partial charge in [-0.2, -0.15) is 4.98 Å². The zero-order valence-corrected chi connectivity index (χ0v) is 25.8. The number of piperazine rings is 1. The average Bonchev–Trinajstić information content (AvgIpc) is 3.13. The second-order valence-electron chi connectivity index (χ2n) is 10.5. The van der Waals surface area contributed by atoms with E-state index in [0.29, 0.717) is 59.2 Å². The largest absolute Gasteiger partial charge is 0.374 e. The molecule has 0 saturated carbocycles. The predicted molar refractivity (Wildman–Crippen MR) is 164 cm³/mol. The Labute approximate surface area is 256 Å². The minimum absolute atomic E-state index is 0.0292. The Kier molecular flexibility index (Phi) is 9.15. The summed E-state index contributed by atoms with van der Waals surface area (Å²) in [6.45, 7) is 9.63. The van der Waals surface area contributed by atoms with Crippen LogP contribution in [-0.4, -0.2) is 77.6 Å². The maximum atomic E-state index is 15.3. The normalized spacial score (nSPS) is 20.6. The number of aromatic nitrogens is 2. The van der Waals surface area contributed by atoms with Crippen molar-refractivity contribution in [1.29, 1.82) is 0 Å². The van der Waals surface area contributed by atoms with Gasteiger partial charge in [-0.15, -0.1) is 11.8 Å². The first-order valence-corrected chi connectivity index (χ1v) is 15.3. The second-order valence-corrected chi connectivity index (χ2v) is 12.3. The number of benzene rings is 2. The SMILES string of the molecule is C=CC(=O)N1C(C)CN(c2nc(=O)n3c4c(c(-c5cc(Cl)c(F)cc5F)c(Cl)cc24)SCC(OCCNC)C3)CC1C. The fraction of sp³-hybridized carbons (Fsp3) is 0.414. The predicted octanol–water partition coefficient (Wildman–Crippen LogP) is 4.97. The fourth-order valence-electron chi connectivity index (χ4n) is 5.77. The monoisotopic (exact) mass is 637 g/mol. The minimum atomic E-state index is -0.882. The average molecular weight is 639 g/mol. The van der Waals surface area contributed by atoms with Gasteiger partial charge in [-0.25, -0.2) is 13.6 Å². The molecule has 1 amide bonds. The zero-order chi connectivity index (χ0) is 30.3. The summed E-state index contributed by atoms with van der Waals surface area (Å²) in [4.78, 5) is 35.0. The van der Waals surface area contributed by atoms with Crippen LogP contribution < -0.4 is 15.9 Å². The molecule has 5 rings (SSSR count). The van der Waals surface area contributed by atoms with Crippen LogP contribution in [0.15, 0.2) is 40.5 Å². The van der Waals surface area contributed by atoms with Gasteiger partial charge >= 0.3 is 5.69 Å². The van der Waals surface area contributed by atoms with Crippen molar-refractivity contribution in [2.45, 2.75) is 43.5 Å². The number of amides is 1. The Hall–Kier alpha value is -2.70. The Morgan fingerprint density at radius 1 is 1.17 bits per heavy atom. The Morgan fingerprint density at radius 3 is 2.55 bits per heavy atom. The van der Waals surface area contributed by atoms with E-state index in [1.54, 1.807) is 15.5 Å². The van der Waals surface area contributed by atoms with E-state index in [4.69, 9.17) is 27.9 Å². The van der Waals surface area contributed by atoms with E-state index in [9.17, 15) is 14.0 Å². The molecule has 42 heavy (non-hydrogen) atoms. The van der Waals surface area contributed by atoms with E-state index in [2.05, 4.69) is 16.9 Å². The number of carbonyl (C=O) groups is 1. The molecule has 1 saturated heterocycles. The van der Waals surface area contributed by atoms with E-state index < -0.39 is 17.3 Å². The lowest BCUT2D eigenvalue weighted by Crippen LogP contribution is -2.58. The summed E-state index contributed by atoms with van der Waals surface area (Å²) in [6.07, 6.45) is 0.958. The molecular weight excluding hydrogens is 607 g/mol. The molecule has 1 aromatic heterocycles. The lowest BCUT2D eigenvalue weighted by molar-refractivity contribution is -0.130. The summed E-state index contributed by atoms with van der Waals surface area (Å²) in [5.74, 6) is -0.986. The summed E-state index contributed by atoms with van der Waals surface area (Å²) in [5, 5.41) is 3.61. The van der Waals surface area contributed by atoms with Crippen molar-refractivity contribution in [3.05, 3.63) is 63.0 Å². The maximum Gasteiger partial charge on any atom is 0.350 e. The number of rotatable bonds is 7. The zero-order valence-electron chi connectivity index (χ0n) is 23.4. The number of nitrogens with zero attached hydrogens (tertiary/aromatic N) is 4. The Bertz CT molecular complexity index is 1610. The Morgan fingerprint density at radius 2 is 1.88 bits per heavy atom. The molecule has 1 N–H and O–H groups in total. The van der Waals surface area contributed by atoms with Crippen LogP contribution in [0.5, 0.6) is 0 Å². The molecule has 3 unspecified atom stereocenters. The number of nitrogens with one attached hydrogen (secondary N) is 1. The lowest BCUT2D eigenvalue weighted by Gasteiger charge is -2.44. The van der Waals surface area contributed by atoms with E-state index in [1.807, 2.05) is 25.8 Å². The molecule has 3 aromatic rings. The van der Waals surface area contributed by atoms with Crippen molar-refractivity contribution >= 4 is 57.6 Å². The number of carbonyl (C=O) groups excluding carboxylic acids is 1. The van der Waals surface area contributed by atoms with Gasteiger partial charge in [0.2, 0.25) is 5.91 Å². The Balaban J connectivity index is 1.72. The van der Waals surface area contributed by atoms with Gasteiger partial charge in [0.15, 0.2) is 0 Å². The number of anilines is 1. The number of halogens is 4. The molecule has 2 aliphatic heterocycles. The van der Waals surface area contributed by atoms with Crippen molar-refractivity contribution in [2.24, 2.45) is 0 Å². The molecule has 0 bridgehead atoms. The summed E-state index contributed by atoms with van der Waals surface area (Å²) < 4.78 is 37.0. The molecule has 2 aromatic carbocycles. The van der Waals surface area contributed by atoms with Crippen LogP contribution >= 0.6 is 35.0 Å². The first kappa shape index (κ1) is 30.7. The molecular formula is C29H31Cl2F2N5O3S. The van der Waals surface area contributed by atoms with Gasteiger partial charge in [-0.1, -0.05) is 29.8 Å². The van der Waals surface area contributed by atoms with Crippen LogP contribution in [-0.2, 0) is 16.1 Å². The molecule has 2 aliphatic rings. The first-order valence-electron chi connectivity index (χ1n) is 13.6. The highest BCUT2D eigenvalue weighted by molar-refractivity contribution is 7.99. The highest BCUT2D eigenvalue weighted by atomic mass is 35.5. The van der Waals surface area contributed by atoms with Gasteiger partial charge in [0.1, 0.15) is 17.5 Å². The molecule has 0 aliphatic carbocycles. The van der Waals surface area contributed by atoms with Gasteiger partial charge < -0.3 is 19.9 Å². The first-order chi connectivity index (χ1) is 20.0. The molecule has 13 heteroatoms. The van der Waals surface area contributed by atoms with Gasteiger partial charge in [0.05, 0.1) is 34.8 Å². The van der Waals surface area contributed by atoms with Crippen LogP contribution in [0, 0.1) is 11.6 Å². The van der Waals surface area contributed by atoms with Crippen LogP contribution in [0.3, 0.4) is 0 Å². The molecule has 3 atom stereocenters. The van der Waals surface area contributed by atoms with E-state index in [-0.39, 0.29) is 46.2 Å². The number of hydrogen-bond donors (Lipinski definition) is 1. The highest BCUT2D eigenvalue weighted by Gasteiger charge is 2.35. The standard InChI is InChI=1S/C29H31Cl2F2N5O3S/c1-5-24(39)38-15(2)11-36(12-16(38)3)28-19-9-21(31)25(18-8-20(30)23(33)10-22(18)32)27-26(19)37(29(40)35-28)13-17(14-42-27)41-7-6-34-4/h5,8-10,15-17,34H,1,6-7,11-14H2,2-4H3. The van der Waals surface area contributed by atoms with Crippen LogP contribution in [0.4, 0.5) is 14.6 Å². The third-order valence-electron chi connectivity index (χ3n) is 7.58. The van der Waals surface area contributed by atoms with E-state index in [1.165, 1.54) is 23.9 Å². The summed E-state index contributed by atoms with van der Waals surface area (Å²) in [6, 6.07) is 3.25. The van der Waals surface area contributed by atoms with E-state index >= 15 is 4.39 Å². The van der Waals surface area contributed by atoms with Gasteiger partial charge in [-0.05, 0) is 39.1 Å². The molecule has 3 heterocycles. The number of likely N-dealkylation sites (N-methyl/N-ethyl adjacent to an activating group) is 1. The highest BCUT2D eigenvalue weighted by Crippen LogP contribution is 2.47. The molecule has 0 spiro atoms. The third kappa shape index (κ3) is 5.65. The summed E-state index contributed by atoms with van der Waals surface area (Å²) >= 11 is 14.4. The van der Waals surface area contributed by atoms with Crippen LogP contribution in [0.25, 0.3) is 22.0 Å². The van der Waals surface area contributed by atoms with Crippen LogP contribution in [0.2, 0.25) is 10.0 Å². The maximum absolute atomic E-state index is 15.3. The number of ether oxygens (including phenoxy) is 1. The minimum Gasteiger partial charge on any atom is -0.374 e. The topological polar surface area (TPSA) is 79.7 Å². The summed E-state index contributed by atoms with van der Waals surface area (Å²) in [7, 11) is 1.82. The quantitative estimate of drug-likeness (QED) is 0.223. The molecule has 0 radical (unpaired) electrons. The third-order valence-corrected chi connectivity index (χ3v) is 9.40. The smallest absolute Gasteiger partial charge is 0.350 e. The molecule has 8 nitrogen and oxygen atoms in total. The van der Waals surface area contributed by atoms with Crippen LogP contribution in [0.1, 0.15) is 13.8 Å². The number of hydrogen-bond acceptors (Lipinski definition) is 7. The second kappa shape index (κ2) is 12.5. The fourth-order valence-corrected chi connectivity index (χ4v) is 7.57. The van der Waals surface area contributed by atoms with Crippen molar-refractivity contribution in [3.63, 3.8) is 0 Å². The van der Waals surface area contributed by atoms with Gasteiger partial charge in [0, 0.05) is 64.9 Å². The van der Waals surface area contributed by atoms with Crippen molar-refractivity contribution in [2.75, 3.05) is 43.9 Å². The molecule has 224 valence electrons. The number of thioether (sulfide) groups is 1. The van der Waals surface area contributed by atoms with Crippen molar-refractivity contribution in [3.8, 4) is 11.1 Å². The van der Waals surface area contributed by atoms with E-state index in [0.717, 1.165) is 6.07 Å². The summed E-state index contributed by atoms with van der Waals surface area (Å²) in [5.41, 5.74) is 0.400. The molecule has 1 fully saturated rings. The van der Waals surface area contributed by atoms with Crippen molar-refractivity contribution in [1.82, 2.24) is 19.8 Å². The van der Waals surface area contributed by atoms with Gasteiger partial charge in [-0.3, -0.25) is 9.36 Å². The van der Waals surface area contributed by atoms with Gasteiger partial charge in [0.25, 0.3) is 0 Å². The van der Waals surface area contributed by atoms with Crippen molar-refractivity contribution < 1.29 is 18.3 Å².